The number of methoxy groups -OCH3 is 2. The molecule has 0 saturated heterocycles. The van der Waals surface area contributed by atoms with Gasteiger partial charge in [0.15, 0.2) is 6.61 Å². The van der Waals surface area contributed by atoms with Crippen molar-refractivity contribution in [2.24, 2.45) is 0 Å². The molecule has 1 aliphatic heterocycles. The summed E-state index contributed by atoms with van der Waals surface area (Å²) < 4.78 is 16.3. The third-order valence-electron chi connectivity index (χ3n) is 7.05. The van der Waals surface area contributed by atoms with Gasteiger partial charge in [-0.05, 0) is 54.3 Å². The number of anilines is 1. The molecule has 0 atom stereocenters. The van der Waals surface area contributed by atoms with Gasteiger partial charge < -0.3 is 24.0 Å². The fourth-order valence-electron chi connectivity index (χ4n) is 4.97. The average Bonchev–Trinajstić information content (AvgIpc) is 2.98. The Hall–Kier alpha value is -3.59. The molecule has 1 heterocycles. The summed E-state index contributed by atoms with van der Waals surface area (Å²) in [4.78, 5) is 32.7. The molecule has 0 bridgehead atoms. The largest absolute Gasteiger partial charge is 0.497 e. The van der Waals surface area contributed by atoms with Gasteiger partial charge in [0.2, 0.25) is 0 Å². The molecule has 2 amide bonds. The van der Waals surface area contributed by atoms with Crippen LogP contribution in [0, 0.1) is 0 Å². The summed E-state index contributed by atoms with van der Waals surface area (Å²) in [5.41, 5.74) is 2.87. The van der Waals surface area contributed by atoms with E-state index in [1.807, 2.05) is 65.6 Å². The van der Waals surface area contributed by atoms with E-state index in [4.69, 9.17) is 25.8 Å². The first-order valence-corrected chi connectivity index (χ1v) is 14.2. The van der Waals surface area contributed by atoms with E-state index in [0.717, 1.165) is 43.7 Å². The van der Waals surface area contributed by atoms with E-state index in [2.05, 4.69) is 4.90 Å². The zero-order chi connectivity index (χ0) is 29.0. The SMILES string of the molecule is COCC(=O)N1CCCN(Cc2ccc(Cl)cc2)CCCN(C(=O)COc2cccc(OC)c2)Cc2ccccc21. The lowest BCUT2D eigenvalue weighted by Crippen LogP contribution is -2.41. The lowest BCUT2D eigenvalue weighted by atomic mass is 10.1. The maximum absolute atomic E-state index is 13.5. The van der Waals surface area contributed by atoms with Crippen LogP contribution >= 0.6 is 11.6 Å². The second-order valence-electron chi connectivity index (χ2n) is 10.00. The Morgan fingerprint density at radius 1 is 0.805 bits per heavy atom. The predicted octanol–water partition coefficient (Wildman–Crippen LogP) is 5.03. The van der Waals surface area contributed by atoms with Crippen molar-refractivity contribution < 1.29 is 23.8 Å². The molecule has 0 saturated carbocycles. The van der Waals surface area contributed by atoms with Gasteiger partial charge in [0, 0.05) is 63.2 Å². The van der Waals surface area contributed by atoms with Crippen LogP contribution in [0.15, 0.2) is 72.8 Å². The molecule has 1 aliphatic rings. The summed E-state index contributed by atoms with van der Waals surface area (Å²) >= 11 is 6.10. The van der Waals surface area contributed by atoms with Crippen LogP contribution in [-0.4, -0.2) is 75.2 Å². The molecule has 0 N–H and O–H groups in total. The van der Waals surface area contributed by atoms with Crippen molar-refractivity contribution in [1.29, 1.82) is 0 Å². The van der Waals surface area contributed by atoms with E-state index >= 15 is 0 Å². The number of ether oxygens (including phenoxy) is 3. The molecule has 0 fully saturated rings. The number of halogens is 1. The first-order chi connectivity index (χ1) is 20.0. The van der Waals surface area contributed by atoms with Gasteiger partial charge in [-0.15, -0.1) is 0 Å². The molecule has 0 spiro atoms. The van der Waals surface area contributed by atoms with Crippen LogP contribution in [-0.2, 0) is 27.4 Å². The van der Waals surface area contributed by atoms with Gasteiger partial charge in [-0.2, -0.15) is 0 Å². The summed E-state index contributed by atoms with van der Waals surface area (Å²) in [7, 11) is 3.12. The van der Waals surface area contributed by atoms with E-state index < -0.39 is 0 Å². The summed E-state index contributed by atoms with van der Waals surface area (Å²) in [5, 5.41) is 0.707. The Kier molecular flexibility index (Phi) is 11.4. The van der Waals surface area contributed by atoms with Gasteiger partial charge in [0.25, 0.3) is 11.8 Å². The van der Waals surface area contributed by atoms with Crippen molar-refractivity contribution in [3.05, 3.63) is 88.9 Å². The molecule has 4 rings (SSSR count). The molecular weight excluding hydrogens is 542 g/mol. The van der Waals surface area contributed by atoms with Crippen LogP contribution in [0.1, 0.15) is 24.0 Å². The highest BCUT2D eigenvalue weighted by atomic mass is 35.5. The van der Waals surface area contributed by atoms with Crippen LogP contribution in [0.4, 0.5) is 5.69 Å². The molecule has 3 aromatic carbocycles. The number of amides is 2. The number of para-hydroxylation sites is 1. The Balaban J connectivity index is 1.56. The van der Waals surface area contributed by atoms with E-state index in [1.54, 1.807) is 24.1 Å². The molecule has 3 aromatic rings. The number of hydrogen-bond donors (Lipinski definition) is 0. The second kappa shape index (κ2) is 15.4. The summed E-state index contributed by atoms with van der Waals surface area (Å²) in [6, 6.07) is 22.9. The van der Waals surface area contributed by atoms with E-state index in [0.29, 0.717) is 36.2 Å². The standard InChI is InChI=1S/C32H38ClN3O5/c1-39-23-32(38)36-19-7-17-34(21-25-12-14-27(33)15-13-25)16-6-18-35(22-26-8-3-4-11-30(26)36)31(37)24-41-29-10-5-9-28(20-29)40-2/h3-5,8-15,20H,6-7,16-19,21-24H2,1-2H3. The minimum absolute atomic E-state index is 0.0140. The highest BCUT2D eigenvalue weighted by Crippen LogP contribution is 2.25. The molecular formula is C32H38ClN3O5. The number of rotatable bonds is 8. The molecule has 0 unspecified atom stereocenters. The fraction of sp³-hybridized carbons (Fsp3) is 0.375. The van der Waals surface area contributed by atoms with Crippen molar-refractivity contribution in [1.82, 2.24) is 9.80 Å². The van der Waals surface area contributed by atoms with Crippen molar-refractivity contribution >= 4 is 29.1 Å². The zero-order valence-corrected chi connectivity index (χ0v) is 24.5. The van der Waals surface area contributed by atoms with Gasteiger partial charge in [-0.3, -0.25) is 14.5 Å². The van der Waals surface area contributed by atoms with E-state index in [9.17, 15) is 9.59 Å². The van der Waals surface area contributed by atoms with E-state index in [1.165, 1.54) is 12.7 Å². The second-order valence-corrected chi connectivity index (χ2v) is 10.4. The summed E-state index contributed by atoms with van der Waals surface area (Å²) in [6.45, 7) is 3.71. The maximum Gasteiger partial charge on any atom is 0.260 e. The first-order valence-electron chi connectivity index (χ1n) is 13.9. The predicted molar refractivity (Wildman–Crippen MR) is 161 cm³/mol. The number of hydrogen-bond acceptors (Lipinski definition) is 6. The maximum atomic E-state index is 13.5. The number of nitrogens with zero attached hydrogens (tertiary/aromatic N) is 3. The molecule has 0 aromatic heterocycles. The molecule has 9 heteroatoms. The van der Waals surface area contributed by atoms with Crippen LogP contribution in [0.25, 0.3) is 0 Å². The minimum atomic E-state index is -0.126. The van der Waals surface area contributed by atoms with Crippen LogP contribution in [0.2, 0.25) is 5.02 Å². The number of carbonyl (C=O) groups excluding carboxylic acids is 2. The third-order valence-corrected chi connectivity index (χ3v) is 7.30. The minimum Gasteiger partial charge on any atom is -0.497 e. The number of benzene rings is 3. The Morgan fingerprint density at radius 3 is 2.29 bits per heavy atom. The van der Waals surface area contributed by atoms with Gasteiger partial charge in [-0.25, -0.2) is 0 Å². The van der Waals surface area contributed by atoms with Crippen molar-refractivity contribution in [3.8, 4) is 11.5 Å². The lowest BCUT2D eigenvalue weighted by Gasteiger charge is -2.31. The summed E-state index contributed by atoms with van der Waals surface area (Å²) in [6.07, 6.45) is 1.60. The third kappa shape index (κ3) is 8.95. The van der Waals surface area contributed by atoms with Crippen LogP contribution in [0.5, 0.6) is 11.5 Å². The van der Waals surface area contributed by atoms with Gasteiger partial charge in [0.05, 0.1) is 7.11 Å². The van der Waals surface area contributed by atoms with Gasteiger partial charge in [0.1, 0.15) is 18.1 Å². The average molecular weight is 580 g/mol. The van der Waals surface area contributed by atoms with Crippen LogP contribution < -0.4 is 14.4 Å². The highest BCUT2D eigenvalue weighted by molar-refractivity contribution is 6.30. The Morgan fingerprint density at radius 2 is 1.54 bits per heavy atom. The van der Waals surface area contributed by atoms with Crippen molar-refractivity contribution in [2.45, 2.75) is 25.9 Å². The van der Waals surface area contributed by atoms with Gasteiger partial charge in [-0.1, -0.05) is 48.0 Å². The van der Waals surface area contributed by atoms with Crippen LogP contribution in [0.3, 0.4) is 0 Å². The lowest BCUT2D eigenvalue weighted by molar-refractivity contribution is -0.134. The first kappa shape index (κ1) is 30.4. The van der Waals surface area contributed by atoms with Gasteiger partial charge >= 0.3 is 0 Å². The Bertz CT molecular complexity index is 1290. The number of carbonyl (C=O) groups is 2. The monoisotopic (exact) mass is 579 g/mol. The summed E-state index contributed by atoms with van der Waals surface area (Å²) in [5.74, 6) is 0.994. The topological polar surface area (TPSA) is 71.6 Å². The number of fused-ring (bicyclic) bond motifs is 1. The molecule has 8 nitrogen and oxygen atoms in total. The smallest absolute Gasteiger partial charge is 0.260 e. The Labute approximate surface area is 247 Å². The molecule has 41 heavy (non-hydrogen) atoms. The van der Waals surface area contributed by atoms with Crippen molar-refractivity contribution in [3.63, 3.8) is 0 Å². The molecule has 0 aliphatic carbocycles. The molecule has 0 radical (unpaired) electrons. The fourth-order valence-corrected chi connectivity index (χ4v) is 5.10. The van der Waals surface area contributed by atoms with Crippen molar-refractivity contribution in [2.75, 3.05) is 58.5 Å². The quantitative estimate of drug-likeness (QED) is 0.373. The highest BCUT2D eigenvalue weighted by Gasteiger charge is 2.23. The zero-order valence-electron chi connectivity index (χ0n) is 23.8. The van der Waals surface area contributed by atoms with E-state index in [-0.39, 0.29) is 25.0 Å². The normalized spacial score (nSPS) is 14.9. The molecule has 218 valence electrons.